The number of nitrogen functional groups attached to an aromatic ring is 1. The first-order chi connectivity index (χ1) is 8.95. The van der Waals surface area contributed by atoms with Gasteiger partial charge in [-0.05, 0) is 37.0 Å². The van der Waals surface area contributed by atoms with Gasteiger partial charge in [-0.25, -0.2) is 9.18 Å². The van der Waals surface area contributed by atoms with E-state index < -0.39 is 11.8 Å². The van der Waals surface area contributed by atoms with E-state index in [-0.39, 0.29) is 23.0 Å². The first-order valence-electron chi connectivity index (χ1n) is 6.12. The number of carboxylic acid groups (broad SMARTS) is 1. The van der Waals surface area contributed by atoms with Crippen LogP contribution in [0.1, 0.15) is 30.6 Å². The van der Waals surface area contributed by atoms with Crippen molar-refractivity contribution in [3.63, 3.8) is 0 Å². The summed E-state index contributed by atoms with van der Waals surface area (Å²) in [5.74, 6) is 0.339. The lowest BCUT2D eigenvalue weighted by molar-refractivity contribution is 0.0698. The number of hydrogen-bond acceptors (Lipinski definition) is 4. The van der Waals surface area contributed by atoms with Crippen molar-refractivity contribution < 1.29 is 14.3 Å². The number of anilines is 2. The molecule has 0 saturated carbocycles. The molecule has 19 heavy (non-hydrogen) atoms. The van der Waals surface area contributed by atoms with Gasteiger partial charge in [-0.1, -0.05) is 6.92 Å². The Morgan fingerprint density at radius 2 is 2.26 bits per heavy atom. The molecule has 4 N–H and O–H groups in total. The highest BCUT2D eigenvalue weighted by Gasteiger charge is 2.14. The van der Waals surface area contributed by atoms with Crippen molar-refractivity contribution >= 4 is 29.1 Å². The second-order valence-corrected chi connectivity index (χ2v) is 5.65. The molecule has 0 spiro atoms. The number of rotatable bonds is 7. The van der Waals surface area contributed by atoms with Crippen molar-refractivity contribution in [3.8, 4) is 0 Å². The first kappa shape index (κ1) is 15.6. The smallest absolute Gasteiger partial charge is 0.337 e. The number of benzene rings is 1. The maximum Gasteiger partial charge on any atom is 0.337 e. The van der Waals surface area contributed by atoms with Crippen LogP contribution in [0, 0.1) is 5.82 Å². The standard InChI is InChI=1S/C13H19FN2O2S/c1-3-19-5-4-8(2)16-12-6-9(13(17)18)11(15)7-10(12)14/h6-8,16H,3-5,15H2,1-2H3,(H,17,18). The SMILES string of the molecule is CCSCCC(C)Nc1cc(C(=O)O)c(N)cc1F. The average Bonchev–Trinajstić information content (AvgIpc) is 2.32. The molecule has 0 heterocycles. The maximum atomic E-state index is 13.7. The van der Waals surface area contributed by atoms with E-state index in [1.807, 2.05) is 18.7 Å². The van der Waals surface area contributed by atoms with Gasteiger partial charge in [0.05, 0.1) is 11.3 Å². The van der Waals surface area contributed by atoms with Crippen LogP contribution in [0.25, 0.3) is 0 Å². The van der Waals surface area contributed by atoms with Crippen LogP contribution < -0.4 is 11.1 Å². The zero-order valence-electron chi connectivity index (χ0n) is 11.1. The van der Waals surface area contributed by atoms with Gasteiger partial charge in [0.2, 0.25) is 0 Å². The monoisotopic (exact) mass is 286 g/mol. The molecule has 0 bridgehead atoms. The third kappa shape index (κ3) is 4.63. The number of halogens is 1. The third-order valence-corrected chi connectivity index (χ3v) is 3.60. The predicted molar refractivity (Wildman–Crippen MR) is 78.5 cm³/mol. The van der Waals surface area contributed by atoms with Gasteiger partial charge in [-0.2, -0.15) is 11.8 Å². The summed E-state index contributed by atoms with van der Waals surface area (Å²) in [7, 11) is 0. The Balaban J connectivity index is 2.77. The highest BCUT2D eigenvalue weighted by atomic mass is 32.2. The number of carboxylic acids is 1. The Hall–Kier alpha value is -1.43. The zero-order valence-corrected chi connectivity index (χ0v) is 11.9. The minimum atomic E-state index is -1.16. The van der Waals surface area contributed by atoms with Gasteiger partial charge < -0.3 is 16.2 Å². The number of carbonyl (C=O) groups is 1. The summed E-state index contributed by atoms with van der Waals surface area (Å²) in [5, 5.41) is 11.9. The second-order valence-electron chi connectivity index (χ2n) is 4.26. The van der Waals surface area contributed by atoms with Crippen LogP contribution in [-0.2, 0) is 0 Å². The number of nitrogens with one attached hydrogen (secondary N) is 1. The van der Waals surface area contributed by atoms with Crippen LogP contribution in [0.2, 0.25) is 0 Å². The quantitative estimate of drug-likeness (QED) is 0.530. The Morgan fingerprint density at radius 3 is 2.84 bits per heavy atom. The summed E-state index contributed by atoms with van der Waals surface area (Å²) in [6, 6.07) is 2.36. The number of aromatic carboxylic acids is 1. The molecular formula is C13H19FN2O2S. The normalized spacial score (nSPS) is 12.2. The second kappa shape index (κ2) is 7.23. The van der Waals surface area contributed by atoms with Crippen molar-refractivity contribution in [2.45, 2.75) is 26.3 Å². The molecule has 1 atom stereocenters. The summed E-state index contributed by atoms with van der Waals surface area (Å²) in [5.41, 5.74) is 5.50. The van der Waals surface area contributed by atoms with Gasteiger partial charge in [-0.3, -0.25) is 0 Å². The van der Waals surface area contributed by atoms with Crippen LogP contribution in [-0.4, -0.2) is 28.6 Å². The molecule has 4 nitrogen and oxygen atoms in total. The molecule has 0 amide bonds. The van der Waals surface area contributed by atoms with Crippen LogP contribution in [0.4, 0.5) is 15.8 Å². The van der Waals surface area contributed by atoms with Crippen molar-refractivity contribution in [1.82, 2.24) is 0 Å². The fraction of sp³-hybridized carbons (Fsp3) is 0.462. The van der Waals surface area contributed by atoms with Crippen molar-refractivity contribution in [1.29, 1.82) is 0 Å². The fourth-order valence-electron chi connectivity index (χ4n) is 1.63. The van der Waals surface area contributed by atoms with Gasteiger partial charge in [0, 0.05) is 11.7 Å². The molecule has 1 aromatic carbocycles. The topological polar surface area (TPSA) is 75.3 Å². The van der Waals surface area contributed by atoms with E-state index in [1.54, 1.807) is 0 Å². The molecule has 0 aliphatic carbocycles. The van der Waals surface area contributed by atoms with Crippen LogP contribution >= 0.6 is 11.8 Å². The average molecular weight is 286 g/mol. The van der Waals surface area contributed by atoms with Crippen LogP contribution in [0.15, 0.2) is 12.1 Å². The summed E-state index contributed by atoms with van der Waals surface area (Å²) in [6.45, 7) is 4.02. The predicted octanol–water partition coefficient (Wildman–Crippen LogP) is 3.05. The molecule has 0 saturated heterocycles. The largest absolute Gasteiger partial charge is 0.478 e. The van der Waals surface area contributed by atoms with E-state index in [1.165, 1.54) is 6.07 Å². The third-order valence-electron chi connectivity index (χ3n) is 2.67. The van der Waals surface area contributed by atoms with Gasteiger partial charge in [-0.15, -0.1) is 0 Å². The maximum absolute atomic E-state index is 13.7. The molecule has 106 valence electrons. The molecule has 0 aliphatic rings. The van der Waals surface area contributed by atoms with Gasteiger partial charge in [0.1, 0.15) is 5.82 Å². The Kier molecular flexibility index (Phi) is 5.95. The molecule has 1 rings (SSSR count). The molecule has 0 radical (unpaired) electrons. The summed E-state index contributed by atoms with van der Waals surface area (Å²) >= 11 is 1.81. The van der Waals surface area contributed by atoms with E-state index in [2.05, 4.69) is 12.2 Å². The lowest BCUT2D eigenvalue weighted by Crippen LogP contribution is -2.18. The Labute approximate surface area is 116 Å². The van der Waals surface area contributed by atoms with Crippen molar-refractivity contribution in [2.24, 2.45) is 0 Å². The van der Waals surface area contributed by atoms with E-state index >= 15 is 0 Å². The molecule has 0 aliphatic heterocycles. The van der Waals surface area contributed by atoms with E-state index in [4.69, 9.17) is 10.8 Å². The summed E-state index contributed by atoms with van der Waals surface area (Å²) in [4.78, 5) is 10.9. The minimum Gasteiger partial charge on any atom is -0.478 e. The first-order valence-corrected chi connectivity index (χ1v) is 7.27. The zero-order chi connectivity index (χ0) is 14.4. The Bertz CT molecular complexity index is 455. The molecule has 6 heteroatoms. The lowest BCUT2D eigenvalue weighted by Gasteiger charge is -2.16. The van der Waals surface area contributed by atoms with Crippen LogP contribution in [0.3, 0.4) is 0 Å². The van der Waals surface area contributed by atoms with Gasteiger partial charge in [0.25, 0.3) is 0 Å². The number of hydrogen-bond donors (Lipinski definition) is 3. The fourth-order valence-corrected chi connectivity index (χ4v) is 2.44. The van der Waals surface area contributed by atoms with E-state index in [0.29, 0.717) is 0 Å². The Morgan fingerprint density at radius 1 is 1.58 bits per heavy atom. The molecule has 1 unspecified atom stereocenters. The molecular weight excluding hydrogens is 267 g/mol. The van der Waals surface area contributed by atoms with E-state index in [0.717, 1.165) is 24.0 Å². The lowest BCUT2D eigenvalue weighted by atomic mass is 10.1. The molecule has 0 fully saturated rings. The van der Waals surface area contributed by atoms with Gasteiger partial charge in [0.15, 0.2) is 0 Å². The highest BCUT2D eigenvalue weighted by molar-refractivity contribution is 7.99. The number of nitrogens with two attached hydrogens (primary N) is 1. The minimum absolute atomic E-state index is 0.0651. The van der Waals surface area contributed by atoms with Crippen LogP contribution in [0.5, 0.6) is 0 Å². The number of thioether (sulfide) groups is 1. The summed E-state index contributed by atoms with van der Waals surface area (Å²) < 4.78 is 13.7. The van der Waals surface area contributed by atoms with Gasteiger partial charge >= 0.3 is 5.97 Å². The molecule has 1 aromatic rings. The van der Waals surface area contributed by atoms with Crippen molar-refractivity contribution in [3.05, 3.63) is 23.5 Å². The van der Waals surface area contributed by atoms with Crippen molar-refractivity contribution in [2.75, 3.05) is 22.6 Å². The summed E-state index contributed by atoms with van der Waals surface area (Å²) in [6.07, 6.45) is 0.880. The van der Waals surface area contributed by atoms with E-state index in [9.17, 15) is 9.18 Å². The highest BCUT2D eigenvalue weighted by Crippen LogP contribution is 2.23. The molecule has 0 aromatic heterocycles.